The second kappa shape index (κ2) is 7.58. The lowest BCUT2D eigenvalue weighted by atomic mass is 10.2. The molecule has 0 unspecified atom stereocenters. The van der Waals surface area contributed by atoms with Crippen molar-refractivity contribution < 1.29 is 9.13 Å². The predicted octanol–water partition coefficient (Wildman–Crippen LogP) is 4.14. The van der Waals surface area contributed by atoms with Crippen LogP contribution in [0.5, 0.6) is 5.75 Å². The number of nitrogens with zero attached hydrogens (tertiary/aromatic N) is 2. The van der Waals surface area contributed by atoms with Crippen molar-refractivity contribution in [3.8, 4) is 5.75 Å². The van der Waals surface area contributed by atoms with Gasteiger partial charge in [0.25, 0.3) is 0 Å². The van der Waals surface area contributed by atoms with E-state index in [0.717, 1.165) is 5.56 Å². The number of hydrogen-bond donors (Lipinski definition) is 1. The van der Waals surface area contributed by atoms with Crippen LogP contribution < -0.4 is 15.6 Å². The van der Waals surface area contributed by atoms with Crippen LogP contribution in [-0.4, -0.2) is 16.7 Å². The Morgan fingerprint density at radius 1 is 1.23 bits per heavy atom. The number of aromatic nitrogens is 2. The number of halogens is 2. The first-order valence-corrected chi connectivity index (χ1v) is 8.28. The molecule has 3 aromatic rings. The zero-order valence-electron chi connectivity index (χ0n) is 14.3. The summed E-state index contributed by atoms with van der Waals surface area (Å²) in [5.74, 6) is 0.00850. The molecule has 5 nitrogen and oxygen atoms in total. The SMILES string of the molecule is COc1cn(Cc2ccccc2F)c(Nc2cccc(Cl)c2C)nc1=O. The lowest BCUT2D eigenvalue weighted by molar-refractivity contribution is 0.402. The summed E-state index contributed by atoms with van der Waals surface area (Å²) in [5.41, 5.74) is 1.47. The van der Waals surface area contributed by atoms with Crippen molar-refractivity contribution in [2.24, 2.45) is 0 Å². The van der Waals surface area contributed by atoms with E-state index in [4.69, 9.17) is 16.3 Å². The van der Waals surface area contributed by atoms with E-state index in [-0.39, 0.29) is 24.1 Å². The highest BCUT2D eigenvalue weighted by molar-refractivity contribution is 6.31. The lowest BCUT2D eigenvalue weighted by Gasteiger charge is -2.17. The van der Waals surface area contributed by atoms with E-state index in [9.17, 15) is 9.18 Å². The van der Waals surface area contributed by atoms with Gasteiger partial charge in [-0.1, -0.05) is 35.9 Å². The third-order valence-corrected chi connectivity index (χ3v) is 4.41. The Morgan fingerprint density at radius 2 is 2.00 bits per heavy atom. The van der Waals surface area contributed by atoms with Crippen LogP contribution in [0.15, 0.2) is 53.5 Å². The van der Waals surface area contributed by atoms with Crippen LogP contribution >= 0.6 is 11.6 Å². The molecule has 0 radical (unpaired) electrons. The Balaban J connectivity index is 2.06. The van der Waals surface area contributed by atoms with Gasteiger partial charge in [-0.3, -0.25) is 4.79 Å². The highest BCUT2D eigenvalue weighted by atomic mass is 35.5. The number of anilines is 2. The topological polar surface area (TPSA) is 56.1 Å². The number of rotatable bonds is 5. The molecule has 1 heterocycles. The Kier molecular flexibility index (Phi) is 5.23. The molecule has 0 aliphatic heterocycles. The van der Waals surface area contributed by atoms with Gasteiger partial charge in [0.2, 0.25) is 11.7 Å². The lowest BCUT2D eigenvalue weighted by Crippen LogP contribution is -2.19. The molecule has 7 heteroatoms. The number of methoxy groups -OCH3 is 1. The first kappa shape index (κ1) is 17.9. The molecule has 0 amide bonds. The maximum absolute atomic E-state index is 14.0. The van der Waals surface area contributed by atoms with Gasteiger partial charge in [-0.25, -0.2) is 4.39 Å². The van der Waals surface area contributed by atoms with Crippen molar-refractivity contribution in [3.63, 3.8) is 0 Å². The molecule has 0 bridgehead atoms. The van der Waals surface area contributed by atoms with E-state index in [1.165, 1.54) is 19.4 Å². The fourth-order valence-corrected chi connectivity index (χ4v) is 2.68. The Hall–Kier alpha value is -2.86. The fourth-order valence-electron chi connectivity index (χ4n) is 2.51. The van der Waals surface area contributed by atoms with Crippen LogP contribution in [0, 0.1) is 12.7 Å². The van der Waals surface area contributed by atoms with Crippen molar-refractivity contribution in [1.82, 2.24) is 9.55 Å². The highest BCUT2D eigenvalue weighted by Gasteiger charge is 2.13. The van der Waals surface area contributed by atoms with Crippen molar-refractivity contribution >= 4 is 23.2 Å². The summed E-state index contributed by atoms with van der Waals surface area (Å²) in [5, 5.41) is 3.69. The van der Waals surface area contributed by atoms with Gasteiger partial charge in [0.1, 0.15) is 5.82 Å². The van der Waals surface area contributed by atoms with Gasteiger partial charge in [-0.05, 0) is 30.7 Å². The van der Waals surface area contributed by atoms with Crippen LogP contribution in [0.4, 0.5) is 16.0 Å². The van der Waals surface area contributed by atoms with Crippen molar-refractivity contribution in [3.05, 3.63) is 81.0 Å². The summed E-state index contributed by atoms with van der Waals surface area (Å²) >= 11 is 6.15. The van der Waals surface area contributed by atoms with Crippen LogP contribution in [0.1, 0.15) is 11.1 Å². The zero-order valence-corrected chi connectivity index (χ0v) is 15.0. The summed E-state index contributed by atoms with van der Waals surface area (Å²) in [7, 11) is 1.39. The molecule has 134 valence electrons. The molecule has 0 fully saturated rings. The first-order chi connectivity index (χ1) is 12.5. The van der Waals surface area contributed by atoms with Gasteiger partial charge in [-0.2, -0.15) is 4.98 Å². The van der Waals surface area contributed by atoms with Gasteiger partial charge in [0, 0.05) is 16.3 Å². The van der Waals surface area contributed by atoms with E-state index < -0.39 is 5.56 Å². The molecule has 0 spiro atoms. The predicted molar refractivity (Wildman–Crippen MR) is 100 cm³/mol. The molecule has 1 aromatic heterocycles. The smallest absolute Gasteiger partial charge is 0.316 e. The van der Waals surface area contributed by atoms with Gasteiger partial charge in [-0.15, -0.1) is 0 Å². The van der Waals surface area contributed by atoms with Crippen molar-refractivity contribution in [2.45, 2.75) is 13.5 Å². The molecule has 0 aliphatic rings. The zero-order chi connectivity index (χ0) is 18.7. The standard InChI is InChI=1S/C19H17ClFN3O2/c1-12-14(20)7-5-9-16(12)22-19-23-18(25)17(26-2)11-24(19)10-13-6-3-4-8-15(13)21/h3-9,11H,10H2,1-2H3,(H,22,23,25). The maximum atomic E-state index is 14.0. The summed E-state index contributed by atoms with van der Waals surface area (Å²) in [4.78, 5) is 16.1. The third kappa shape index (κ3) is 3.70. The molecule has 3 rings (SSSR count). The average molecular weight is 374 g/mol. The minimum Gasteiger partial charge on any atom is -0.490 e. The largest absolute Gasteiger partial charge is 0.490 e. The normalized spacial score (nSPS) is 10.6. The van der Waals surface area contributed by atoms with Gasteiger partial charge in [0.15, 0.2) is 0 Å². The number of benzene rings is 2. The Bertz CT molecular complexity index is 1000. The monoisotopic (exact) mass is 373 g/mol. The van der Waals surface area contributed by atoms with E-state index in [1.807, 2.05) is 13.0 Å². The summed E-state index contributed by atoms with van der Waals surface area (Å²) in [6.45, 7) is 2.03. The molecular weight excluding hydrogens is 357 g/mol. The highest BCUT2D eigenvalue weighted by Crippen LogP contribution is 2.26. The van der Waals surface area contributed by atoms with Crippen molar-refractivity contribution in [1.29, 1.82) is 0 Å². The molecule has 0 atom stereocenters. The second-order valence-corrected chi connectivity index (χ2v) is 6.10. The van der Waals surface area contributed by atoms with Crippen LogP contribution in [-0.2, 0) is 6.54 Å². The average Bonchev–Trinajstić information content (AvgIpc) is 2.62. The summed E-state index contributed by atoms with van der Waals surface area (Å²) in [6.07, 6.45) is 1.50. The molecule has 2 aromatic carbocycles. The second-order valence-electron chi connectivity index (χ2n) is 5.69. The quantitative estimate of drug-likeness (QED) is 0.730. The number of hydrogen-bond acceptors (Lipinski definition) is 4. The van der Waals surface area contributed by atoms with Crippen LogP contribution in [0.3, 0.4) is 0 Å². The van der Waals surface area contributed by atoms with Crippen molar-refractivity contribution in [2.75, 3.05) is 12.4 Å². The van der Waals surface area contributed by atoms with E-state index >= 15 is 0 Å². The Morgan fingerprint density at radius 3 is 2.73 bits per heavy atom. The molecule has 0 aliphatic carbocycles. The van der Waals surface area contributed by atoms with Gasteiger partial charge >= 0.3 is 5.56 Å². The number of ether oxygens (including phenoxy) is 1. The minimum absolute atomic E-state index is 0.0784. The molecule has 0 saturated carbocycles. The van der Waals surface area contributed by atoms with Gasteiger partial charge in [0.05, 0.1) is 19.9 Å². The minimum atomic E-state index is -0.514. The summed E-state index contributed by atoms with van der Waals surface area (Å²) < 4.78 is 20.7. The molecule has 0 saturated heterocycles. The van der Waals surface area contributed by atoms with Crippen LogP contribution in [0.25, 0.3) is 0 Å². The van der Waals surface area contributed by atoms with Gasteiger partial charge < -0.3 is 14.6 Å². The molecule has 26 heavy (non-hydrogen) atoms. The third-order valence-electron chi connectivity index (χ3n) is 4.00. The van der Waals surface area contributed by atoms with E-state index in [0.29, 0.717) is 16.3 Å². The van der Waals surface area contributed by atoms with Crippen LogP contribution in [0.2, 0.25) is 5.02 Å². The fraction of sp³-hybridized carbons (Fsp3) is 0.158. The summed E-state index contributed by atoms with van der Waals surface area (Å²) in [6, 6.07) is 11.8. The first-order valence-electron chi connectivity index (χ1n) is 7.90. The van der Waals surface area contributed by atoms with E-state index in [1.54, 1.807) is 34.9 Å². The number of nitrogens with one attached hydrogen (secondary N) is 1. The van der Waals surface area contributed by atoms with E-state index in [2.05, 4.69) is 10.3 Å². The Labute approximate surface area is 155 Å². The molecular formula is C19H17ClFN3O2. The molecule has 1 N–H and O–H groups in total. The maximum Gasteiger partial charge on any atom is 0.316 e.